The minimum atomic E-state index is 0.320. The van der Waals surface area contributed by atoms with Crippen LogP contribution in [0.15, 0.2) is 28.7 Å². The van der Waals surface area contributed by atoms with E-state index in [0.717, 1.165) is 11.3 Å². The smallest absolute Gasteiger partial charge is 0.134 e. The summed E-state index contributed by atoms with van der Waals surface area (Å²) in [6, 6.07) is 8.94. The van der Waals surface area contributed by atoms with Crippen molar-refractivity contribution >= 4 is 11.0 Å². The summed E-state index contributed by atoms with van der Waals surface area (Å²) in [6.45, 7) is 6.91. The number of benzene rings is 1. The van der Waals surface area contributed by atoms with Gasteiger partial charge in [-0.1, -0.05) is 31.9 Å². The van der Waals surface area contributed by atoms with E-state index < -0.39 is 0 Å². The highest BCUT2D eigenvalue weighted by molar-refractivity contribution is 5.78. The average molecular weight is 271 g/mol. The summed E-state index contributed by atoms with van der Waals surface area (Å²) < 4.78 is 6.12. The summed E-state index contributed by atoms with van der Waals surface area (Å²) in [5.41, 5.74) is 2.68. The van der Waals surface area contributed by atoms with Gasteiger partial charge in [-0.05, 0) is 56.3 Å². The Morgan fingerprint density at radius 2 is 2.10 bits per heavy atom. The maximum Gasteiger partial charge on any atom is 0.134 e. The molecule has 0 aliphatic heterocycles. The topological polar surface area (TPSA) is 25.2 Å². The van der Waals surface area contributed by atoms with Gasteiger partial charge in [-0.25, -0.2) is 0 Å². The first-order valence-corrected chi connectivity index (χ1v) is 7.68. The normalized spacial score (nSPS) is 23.3. The van der Waals surface area contributed by atoms with Crippen LogP contribution in [0.2, 0.25) is 0 Å². The third kappa shape index (κ3) is 2.26. The first-order chi connectivity index (χ1) is 9.51. The highest BCUT2D eigenvalue weighted by atomic mass is 16.3. The van der Waals surface area contributed by atoms with Crippen LogP contribution in [-0.2, 0) is 0 Å². The Kier molecular flexibility index (Phi) is 3.37. The zero-order chi connectivity index (χ0) is 14.3. The second-order valence-electron chi connectivity index (χ2n) is 6.94. The van der Waals surface area contributed by atoms with Crippen LogP contribution in [0.3, 0.4) is 0 Å². The number of aryl methyl sites for hydroxylation is 1. The molecule has 20 heavy (non-hydrogen) atoms. The van der Waals surface area contributed by atoms with Gasteiger partial charge in [0, 0.05) is 5.39 Å². The van der Waals surface area contributed by atoms with Crippen molar-refractivity contribution < 1.29 is 4.42 Å². The maximum absolute atomic E-state index is 6.12. The number of fused-ring (bicyclic) bond motifs is 1. The van der Waals surface area contributed by atoms with Gasteiger partial charge in [-0.2, -0.15) is 0 Å². The van der Waals surface area contributed by atoms with Crippen molar-refractivity contribution in [1.29, 1.82) is 0 Å². The molecule has 0 radical (unpaired) electrons. The van der Waals surface area contributed by atoms with E-state index in [1.54, 1.807) is 0 Å². The van der Waals surface area contributed by atoms with E-state index in [2.05, 4.69) is 57.4 Å². The van der Waals surface area contributed by atoms with Crippen molar-refractivity contribution in [3.05, 3.63) is 35.6 Å². The lowest BCUT2D eigenvalue weighted by Gasteiger charge is -2.32. The quantitative estimate of drug-likeness (QED) is 0.865. The number of furan rings is 1. The van der Waals surface area contributed by atoms with Crippen LogP contribution >= 0.6 is 0 Å². The second kappa shape index (κ2) is 4.92. The fourth-order valence-electron chi connectivity index (χ4n) is 3.85. The lowest BCUT2D eigenvalue weighted by molar-refractivity contribution is 0.188. The summed E-state index contributed by atoms with van der Waals surface area (Å²) in [5, 5.41) is 4.72. The van der Waals surface area contributed by atoms with E-state index in [1.807, 2.05) is 0 Å². The number of hydrogen-bond donors (Lipinski definition) is 1. The molecule has 1 aliphatic rings. The van der Waals surface area contributed by atoms with Gasteiger partial charge >= 0.3 is 0 Å². The largest absolute Gasteiger partial charge is 0.459 e. The van der Waals surface area contributed by atoms with E-state index >= 15 is 0 Å². The van der Waals surface area contributed by atoms with E-state index in [9.17, 15) is 0 Å². The maximum atomic E-state index is 6.12. The molecular weight excluding hydrogens is 246 g/mol. The van der Waals surface area contributed by atoms with Gasteiger partial charge in [0.15, 0.2) is 0 Å². The van der Waals surface area contributed by atoms with E-state index in [-0.39, 0.29) is 0 Å². The lowest BCUT2D eigenvalue weighted by Crippen LogP contribution is -2.31. The summed E-state index contributed by atoms with van der Waals surface area (Å²) in [4.78, 5) is 0. The standard InChI is InChI=1S/C18H25NO/c1-12-7-8-15-13(10-12)11-16(20-15)17(19-4)14-6-5-9-18(14,2)3/h7-8,10-11,14,17,19H,5-6,9H2,1-4H3. The minimum absolute atomic E-state index is 0.320. The SMILES string of the molecule is CNC(c1cc2cc(C)ccc2o1)C1CCCC1(C)C. The number of rotatable bonds is 3. The van der Waals surface area contributed by atoms with Crippen LogP contribution in [-0.4, -0.2) is 7.05 Å². The van der Waals surface area contributed by atoms with Gasteiger partial charge in [0.2, 0.25) is 0 Å². The van der Waals surface area contributed by atoms with Gasteiger partial charge in [0.25, 0.3) is 0 Å². The van der Waals surface area contributed by atoms with E-state index in [1.165, 1.54) is 30.2 Å². The fraction of sp³-hybridized carbons (Fsp3) is 0.556. The van der Waals surface area contributed by atoms with Crippen LogP contribution in [0.5, 0.6) is 0 Å². The molecule has 1 aliphatic carbocycles. The highest BCUT2D eigenvalue weighted by Gasteiger charge is 2.40. The van der Waals surface area contributed by atoms with Crippen molar-refractivity contribution in [3.8, 4) is 0 Å². The Bertz CT molecular complexity index is 611. The third-order valence-corrected chi connectivity index (χ3v) is 5.05. The molecule has 108 valence electrons. The Balaban J connectivity index is 1.99. The third-order valence-electron chi connectivity index (χ3n) is 5.05. The minimum Gasteiger partial charge on any atom is -0.459 e. The van der Waals surface area contributed by atoms with E-state index in [4.69, 9.17) is 4.42 Å². The van der Waals surface area contributed by atoms with Crippen molar-refractivity contribution in [3.63, 3.8) is 0 Å². The molecule has 0 saturated heterocycles. The molecule has 0 amide bonds. The molecule has 1 aromatic carbocycles. The molecule has 1 fully saturated rings. The van der Waals surface area contributed by atoms with E-state index in [0.29, 0.717) is 17.4 Å². The summed E-state index contributed by atoms with van der Waals surface area (Å²) >= 11 is 0. The molecular formula is C18H25NO. The first kappa shape index (κ1) is 13.7. The Hall–Kier alpha value is -1.28. The Morgan fingerprint density at radius 1 is 1.30 bits per heavy atom. The molecule has 1 aromatic heterocycles. The Morgan fingerprint density at radius 3 is 2.75 bits per heavy atom. The van der Waals surface area contributed by atoms with Crippen LogP contribution in [0.25, 0.3) is 11.0 Å². The van der Waals surface area contributed by atoms with Crippen LogP contribution in [0.1, 0.15) is 50.5 Å². The molecule has 3 rings (SSSR count). The molecule has 1 saturated carbocycles. The van der Waals surface area contributed by atoms with Crippen LogP contribution in [0, 0.1) is 18.3 Å². The van der Waals surface area contributed by atoms with Gasteiger partial charge in [-0.3, -0.25) is 0 Å². The van der Waals surface area contributed by atoms with Crippen molar-refractivity contribution in [2.45, 2.75) is 46.1 Å². The van der Waals surface area contributed by atoms with Gasteiger partial charge in [-0.15, -0.1) is 0 Å². The van der Waals surface area contributed by atoms with Crippen molar-refractivity contribution in [1.82, 2.24) is 5.32 Å². The van der Waals surface area contributed by atoms with Crippen LogP contribution < -0.4 is 5.32 Å². The fourth-order valence-corrected chi connectivity index (χ4v) is 3.85. The summed E-state index contributed by atoms with van der Waals surface area (Å²) in [6.07, 6.45) is 3.93. The lowest BCUT2D eigenvalue weighted by atomic mass is 9.77. The average Bonchev–Trinajstić information content (AvgIpc) is 2.94. The molecule has 2 nitrogen and oxygen atoms in total. The Labute approximate surface area is 121 Å². The molecule has 0 bridgehead atoms. The highest BCUT2D eigenvalue weighted by Crippen LogP contribution is 2.49. The van der Waals surface area contributed by atoms with Crippen molar-refractivity contribution in [2.24, 2.45) is 11.3 Å². The van der Waals surface area contributed by atoms with Gasteiger partial charge < -0.3 is 9.73 Å². The van der Waals surface area contributed by atoms with Gasteiger partial charge in [0.05, 0.1) is 6.04 Å². The molecule has 1 heterocycles. The monoisotopic (exact) mass is 271 g/mol. The molecule has 2 atom stereocenters. The molecule has 0 spiro atoms. The van der Waals surface area contributed by atoms with Gasteiger partial charge in [0.1, 0.15) is 11.3 Å². The number of hydrogen-bond acceptors (Lipinski definition) is 2. The molecule has 2 heteroatoms. The van der Waals surface area contributed by atoms with Crippen LogP contribution in [0.4, 0.5) is 0 Å². The first-order valence-electron chi connectivity index (χ1n) is 7.68. The number of nitrogens with one attached hydrogen (secondary N) is 1. The molecule has 2 aromatic rings. The zero-order valence-corrected chi connectivity index (χ0v) is 13.0. The summed E-state index contributed by atoms with van der Waals surface area (Å²) in [7, 11) is 2.05. The second-order valence-corrected chi connectivity index (χ2v) is 6.94. The predicted octanol–water partition coefficient (Wildman–Crippen LogP) is 4.83. The molecule has 2 unspecified atom stereocenters. The molecule has 1 N–H and O–H groups in total. The zero-order valence-electron chi connectivity index (χ0n) is 13.0. The van der Waals surface area contributed by atoms with Crippen molar-refractivity contribution in [2.75, 3.05) is 7.05 Å². The predicted molar refractivity (Wildman–Crippen MR) is 83.9 cm³/mol. The summed E-state index contributed by atoms with van der Waals surface area (Å²) in [5.74, 6) is 1.74.